The van der Waals surface area contributed by atoms with E-state index in [4.69, 9.17) is 0 Å². The summed E-state index contributed by atoms with van der Waals surface area (Å²) in [7, 11) is 0. The van der Waals surface area contributed by atoms with Crippen molar-refractivity contribution < 1.29 is 9.18 Å². The normalized spacial score (nSPS) is 12.2. The number of nitrogens with one attached hydrogen (secondary N) is 2. The molecule has 1 aromatic heterocycles. The van der Waals surface area contributed by atoms with Crippen molar-refractivity contribution in [1.29, 1.82) is 0 Å². The zero-order valence-corrected chi connectivity index (χ0v) is 11.2. The molecule has 0 spiro atoms. The Morgan fingerprint density at radius 2 is 2.33 bits per heavy atom. The first kappa shape index (κ1) is 12.8. The molecule has 6 heteroatoms. The van der Waals surface area contributed by atoms with E-state index in [1.807, 2.05) is 6.92 Å². The van der Waals surface area contributed by atoms with Gasteiger partial charge in [-0.3, -0.25) is 9.89 Å². The fourth-order valence-electron chi connectivity index (χ4n) is 1.50. The average molecular weight is 312 g/mol. The van der Waals surface area contributed by atoms with E-state index in [0.29, 0.717) is 4.47 Å². The lowest BCUT2D eigenvalue weighted by Gasteiger charge is -2.12. The van der Waals surface area contributed by atoms with Crippen LogP contribution in [-0.4, -0.2) is 16.1 Å². The van der Waals surface area contributed by atoms with Crippen molar-refractivity contribution in [2.24, 2.45) is 0 Å². The number of hydrogen-bond donors (Lipinski definition) is 2. The number of rotatable bonds is 3. The first-order valence-electron chi connectivity index (χ1n) is 5.32. The van der Waals surface area contributed by atoms with Gasteiger partial charge in [0.15, 0.2) is 0 Å². The van der Waals surface area contributed by atoms with Crippen molar-refractivity contribution in [3.63, 3.8) is 0 Å². The second kappa shape index (κ2) is 5.30. The molecule has 0 radical (unpaired) electrons. The van der Waals surface area contributed by atoms with E-state index in [1.165, 1.54) is 12.1 Å². The minimum atomic E-state index is -0.460. The largest absolute Gasteiger partial charge is 0.345 e. The lowest BCUT2D eigenvalue weighted by molar-refractivity contribution is 0.0939. The summed E-state index contributed by atoms with van der Waals surface area (Å²) >= 11 is 3.04. The third kappa shape index (κ3) is 2.76. The van der Waals surface area contributed by atoms with Crippen LogP contribution in [0.5, 0.6) is 0 Å². The molecule has 1 unspecified atom stereocenters. The van der Waals surface area contributed by atoms with Crippen molar-refractivity contribution in [2.75, 3.05) is 0 Å². The molecule has 0 saturated carbocycles. The molecule has 2 N–H and O–H groups in total. The second-order valence-corrected chi connectivity index (χ2v) is 4.71. The number of nitrogens with zero attached hydrogens (tertiary/aromatic N) is 1. The second-order valence-electron chi connectivity index (χ2n) is 3.86. The third-order valence-corrected chi connectivity index (χ3v) is 3.19. The van der Waals surface area contributed by atoms with E-state index in [9.17, 15) is 9.18 Å². The van der Waals surface area contributed by atoms with Crippen LogP contribution in [0.2, 0.25) is 0 Å². The number of halogens is 2. The molecule has 0 aliphatic carbocycles. The fraction of sp³-hybridized carbons (Fsp3) is 0.167. The monoisotopic (exact) mass is 311 g/mol. The maximum absolute atomic E-state index is 13.3. The molecule has 0 saturated heterocycles. The van der Waals surface area contributed by atoms with Crippen LogP contribution in [0.4, 0.5) is 4.39 Å². The number of amides is 1. The number of hydrogen-bond acceptors (Lipinski definition) is 2. The van der Waals surface area contributed by atoms with E-state index < -0.39 is 5.82 Å². The smallest absolute Gasteiger partial charge is 0.251 e. The Bertz CT molecular complexity index is 556. The summed E-state index contributed by atoms with van der Waals surface area (Å²) in [6, 6.07) is 4.07. The molecule has 1 amide bonds. The van der Waals surface area contributed by atoms with E-state index in [1.54, 1.807) is 18.5 Å². The van der Waals surface area contributed by atoms with Gasteiger partial charge in [-0.05, 0) is 41.1 Å². The number of carbonyl (C=O) groups excluding carboxylic acids is 1. The first-order valence-corrected chi connectivity index (χ1v) is 6.12. The Labute approximate surface area is 112 Å². The maximum Gasteiger partial charge on any atom is 0.251 e. The highest BCUT2D eigenvalue weighted by molar-refractivity contribution is 9.10. The minimum Gasteiger partial charge on any atom is -0.345 e. The number of carbonyl (C=O) groups is 1. The predicted octanol–water partition coefficient (Wildman–Crippen LogP) is 2.80. The molecule has 0 bridgehead atoms. The van der Waals surface area contributed by atoms with Crippen LogP contribution in [0.3, 0.4) is 0 Å². The molecule has 0 fully saturated rings. The van der Waals surface area contributed by atoms with Crippen LogP contribution in [0.25, 0.3) is 0 Å². The van der Waals surface area contributed by atoms with Gasteiger partial charge in [0.25, 0.3) is 5.91 Å². The van der Waals surface area contributed by atoms with Crippen LogP contribution < -0.4 is 5.32 Å². The SMILES string of the molecule is CC(NC(=O)c1ccc(Br)c(F)c1)c1cn[nH]c1. The molecule has 94 valence electrons. The first-order chi connectivity index (χ1) is 8.58. The highest BCUT2D eigenvalue weighted by Gasteiger charge is 2.13. The van der Waals surface area contributed by atoms with Crippen molar-refractivity contribution in [3.05, 3.63) is 52.0 Å². The van der Waals surface area contributed by atoms with Gasteiger partial charge in [-0.15, -0.1) is 0 Å². The lowest BCUT2D eigenvalue weighted by atomic mass is 10.1. The van der Waals surface area contributed by atoms with E-state index >= 15 is 0 Å². The van der Waals surface area contributed by atoms with Crippen LogP contribution in [0, 0.1) is 5.82 Å². The standard InChI is InChI=1S/C12H11BrFN3O/c1-7(9-5-15-16-6-9)17-12(18)8-2-3-10(13)11(14)4-8/h2-7H,1H3,(H,15,16)(H,17,18). The van der Waals surface area contributed by atoms with Crippen molar-refractivity contribution in [3.8, 4) is 0 Å². The Morgan fingerprint density at radius 1 is 1.56 bits per heavy atom. The van der Waals surface area contributed by atoms with Crippen LogP contribution in [0.15, 0.2) is 35.1 Å². The molecule has 1 aromatic carbocycles. The highest BCUT2D eigenvalue weighted by atomic mass is 79.9. The van der Waals surface area contributed by atoms with Gasteiger partial charge in [-0.1, -0.05) is 0 Å². The van der Waals surface area contributed by atoms with Crippen molar-refractivity contribution in [1.82, 2.24) is 15.5 Å². The number of benzene rings is 1. The Balaban J connectivity index is 2.10. The van der Waals surface area contributed by atoms with Crippen LogP contribution in [-0.2, 0) is 0 Å². The number of aromatic amines is 1. The maximum atomic E-state index is 13.3. The predicted molar refractivity (Wildman–Crippen MR) is 68.6 cm³/mol. The summed E-state index contributed by atoms with van der Waals surface area (Å²) in [5, 5.41) is 9.24. The van der Waals surface area contributed by atoms with Gasteiger partial charge < -0.3 is 5.32 Å². The number of H-pyrrole nitrogens is 1. The van der Waals surface area contributed by atoms with Crippen LogP contribution in [0.1, 0.15) is 28.9 Å². The van der Waals surface area contributed by atoms with Gasteiger partial charge in [-0.25, -0.2) is 4.39 Å². The summed E-state index contributed by atoms with van der Waals surface area (Å²) in [6.07, 6.45) is 3.33. The minimum absolute atomic E-state index is 0.192. The summed E-state index contributed by atoms with van der Waals surface area (Å²) in [5.41, 5.74) is 1.15. The Morgan fingerprint density at radius 3 is 2.94 bits per heavy atom. The quantitative estimate of drug-likeness (QED) is 0.915. The van der Waals surface area contributed by atoms with E-state index in [2.05, 4.69) is 31.4 Å². The van der Waals surface area contributed by atoms with Crippen molar-refractivity contribution in [2.45, 2.75) is 13.0 Å². The molecule has 1 heterocycles. The fourth-order valence-corrected chi connectivity index (χ4v) is 1.74. The van der Waals surface area contributed by atoms with E-state index in [0.717, 1.165) is 5.56 Å². The van der Waals surface area contributed by atoms with Gasteiger partial charge in [-0.2, -0.15) is 5.10 Å². The van der Waals surface area contributed by atoms with Gasteiger partial charge >= 0.3 is 0 Å². The van der Waals surface area contributed by atoms with E-state index in [-0.39, 0.29) is 17.5 Å². The summed E-state index contributed by atoms with van der Waals surface area (Å²) in [5.74, 6) is -0.784. The molecule has 4 nitrogen and oxygen atoms in total. The van der Waals surface area contributed by atoms with Crippen molar-refractivity contribution >= 4 is 21.8 Å². The van der Waals surface area contributed by atoms with Gasteiger partial charge in [0.1, 0.15) is 5.82 Å². The zero-order valence-electron chi connectivity index (χ0n) is 9.58. The molecule has 1 atom stereocenters. The topological polar surface area (TPSA) is 57.8 Å². The molecule has 0 aliphatic rings. The van der Waals surface area contributed by atoms with Gasteiger partial charge in [0, 0.05) is 17.3 Å². The Kier molecular flexibility index (Phi) is 3.76. The summed E-state index contributed by atoms with van der Waals surface area (Å²) in [6.45, 7) is 1.83. The Hall–Kier alpha value is -1.69. The molecular weight excluding hydrogens is 301 g/mol. The lowest BCUT2D eigenvalue weighted by Crippen LogP contribution is -2.26. The molecule has 18 heavy (non-hydrogen) atoms. The highest BCUT2D eigenvalue weighted by Crippen LogP contribution is 2.17. The molecular formula is C12H11BrFN3O. The molecule has 0 aliphatic heterocycles. The molecule has 2 aromatic rings. The third-order valence-electron chi connectivity index (χ3n) is 2.55. The zero-order chi connectivity index (χ0) is 13.1. The summed E-state index contributed by atoms with van der Waals surface area (Å²) < 4.78 is 13.6. The van der Waals surface area contributed by atoms with Gasteiger partial charge in [0.2, 0.25) is 0 Å². The summed E-state index contributed by atoms with van der Waals surface area (Å²) in [4.78, 5) is 11.9. The van der Waals surface area contributed by atoms with Crippen LogP contribution >= 0.6 is 15.9 Å². The van der Waals surface area contributed by atoms with Gasteiger partial charge in [0.05, 0.1) is 16.7 Å². The average Bonchev–Trinajstić information content (AvgIpc) is 2.86. The number of aromatic nitrogens is 2. The molecule has 2 rings (SSSR count).